The third-order valence-corrected chi connectivity index (χ3v) is 3.49. The van der Waals surface area contributed by atoms with Gasteiger partial charge in [-0.2, -0.15) is 0 Å². The minimum Gasteiger partial charge on any atom is -0.379 e. The predicted octanol–water partition coefficient (Wildman–Crippen LogP) is -0.630. The molecule has 6 heteroatoms. The van der Waals surface area contributed by atoms with Crippen molar-refractivity contribution in [2.45, 2.75) is 18.9 Å². The normalized spacial score (nSPS) is 25.0. The summed E-state index contributed by atoms with van der Waals surface area (Å²) in [6.07, 6.45) is 2.37. The number of hydrogen-bond donors (Lipinski definition) is 3. The number of morpholine rings is 1. The maximum absolute atomic E-state index is 11.5. The summed E-state index contributed by atoms with van der Waals surface area (Å²) >= 11 is 0. The molecule has 3 N–H and O–H groups in total. The number of nitrogens with one attached hydrogen (secondary N) is 3. The van der Waals surface area contributed by atoms with E-state index in [1.165, 1.54) is 6.42 Å². The molecule has 2 fully saturated rings. The Balaban J connectivity index is 1.48. The van der Waals surface area contributed by atoms with Crippen LogP contribution < -0.4 is 16.0 Å². The lowest BCUT2D eigenvalue weighted by Crippen LogP contribution is -2.46. The van der Waals surface area contributed by atoms with Crippen molar-refractivity contribution >= 4 is 6.03 Å². The van der Waals surface area contributed by atoms with Crippen molar-refractivity contribution in [3.05, 3.63) is 0 Å². The highest BCUT2D eigenvalue weighted by Crippen LogP contribution is 2.02. The van der Waals surface area contributed by atoms with Crippen LogP contribution in [0.1, 0.15) is 12.8 Å². The number of ether oxygens (including phenoxy) is 1. The molecule has 0 aromatic heterocycles. The number of nitrogens with zero attached hydrogens (tertiary/aromatic N) is 1. The van der Waals surface area contributed by atoms with Crippen molar-refractivity contribution in [3.8, 4) is 0 Å². The zero-order valence-electron chi connectivity index (χ0n) is 10.9. The van der Waals surface area contributed by atoms with E-state index in [0.717, 1.165) is 52.4 Å². The Morgan fingerprint density at radius 3 is 2.89 bits per heavy atom. The van der Waals surface area contributed by atoms with Gasteiger partial charge in [0.1, 0.15) is 0 Å². The second kappa shape index (κ2) is 7.56. The fraction of sp³-hybridized carbons (Fsp3) is 0.917. The van der Waals surface area contributed by atoms with Gasteiger partial charge in [0, 0.05) is 38.8 Å². The van der Waals surface area contributed by atoms with E-state index < -0.39 is 0 Å². The lowest BCUT2D eigenvalue weighted by Gasteiger charge is -2.26. The molecule has 2 aliphatic heterocycles. The van der Waals surface area contributed by atoms with Gasteiger partial charge >= 0.3 is 6.03 Å². The van der Waals surface area contributed by atoms with Gasteiger partial charge in [-0.05, 0) is 19.4 Å². The first-order valence-electron chi connectivity index (χ1n) is 6.90. The summed E-state index contributed by atoms with van der Waals surface area (Å²) in [5.41, 5.74) is 0. The molecule has 2 rings (SSSR count). The van der Waals surface area contributed by atoms with Crippen molar-refractivity contribution < 1.29 is 9.53 Å². The molecule has 6 nitrogen and oxygen atoms in total. The molecule has 104 valence electrons. The lowest BCUT2D eigenvalue weighted by atomic mass is 10.2. The van der Waals surface area contributed by atoms with Crippen LogP contribution >= 0.6 is 0 Å². The molecule has 0 saturated carbocycles. The highest BCUT2D eigenvalue weighted by molar-refractivity contribution is 5.73. The minimum atomic E-state index is -0.0584. The molecule has 1 unspecified atom stereocenters. The van der Waals surface area contributed by atoms with E-state index >= 15 is 0 Å². The van der Waals surface area contributed by atoms with Gasteiger partial charge in [-0.15, -0.1) is 0 Å². The molecule has 0 radical (unpaired) electrons. The van der Waals surface area contributed by atoms with Crippen LogP contribution in [0.4, 0.5) is 4.79 Å². The van der Waals surface area contributed by atoms with E-state index in [0.29, 0.717) is 12.6 Å². The van der Waals surface area contributed by atoms with Crippen LogP contribution in [0.5, 0.6) is 0 Å². The molecule has 2 amide bonds. The summed E-state index contributed by atoms with van der Waals surface area (Å²) in [5.74, 6) is 0. The second-order valence-corrected chi connectivity index (χ2v) is 4.88. The van der Waals surface area contributed by atoms with E-state index in [1.54, 1.807) is 0 Å². The van der Waals surface area contributed by atoms with Gasteiger partial charge in [0.15, 0.2) is 0 Å². The first-order chi connectivity index (χ1) is 8.84. The smallest absolute Gasteiger partial charge is 0.314 e. The van der Waals surface area contributed by atoms with Gasteiger partial charge in [0.25, 0.3) is 0 Å². The standard InChI is InChI=1S/C12H24N4O2/c17-12(15-10-11-2-1-3-13-11)14-4-5-16-6-8-18-9-7-16/h11,13H,1-10H2,(H2,14,15,17). The maximum Gasteiger partial charge on any atom is 0.314 e. The molecule has 18 heavy (non-hydrogen) atoms. The highest BCUT2D eigenvalue weighted by Gasteiger charge is 2.14. The molecule has 0 aromatic carbocycles. The summed E-state index contributed by atoms with van der Waals surface area (Å²) in [5, 5.41) is 9.16. The summed E-state index contributed by atoms with van der Waals surface area (Å²) in [7, 11) is 0. The third kappa shape index (κ3) is 4.80. The first kappa shape index (κ1) is 13.6. The average Bonchev–Trinajstić information content (AvgIpc) is 2.91. The molecular formula is C12H24N4O2. The lowest BCUT2D eigenvalue weighted by molar-refractivity contribution is 0.0387. The number of carbonyl (C=O) groups is 1. The summed E-state index contributed by atoms with van der Waals surface area (Å²) in [6.45, 7) is 6.94. The Kier molecular flexibility index (Phi) is 5.70. The van der Waals surface area contributed by atoms with Crippen molar-refractivity contribution in [2.24, 2.45) is 0 Å². The highest BCUT2D eigenvalue weighted by atomic mass is 16.5. The average molecular weight is 256 g/mol. The quantitative estimate of drug-likeness (QED) is 0.613. The zero-order chi connectivity index (χ0) is 12.6. The Morgan fingerprint density at radius 2 is 2.17 bits per heavy atom. The molecule has 0 aliphatic carbocycles. The number of hydrogen-bond acceptors (Lipinski definition) is 4. The van der Waals surface area contributed by atoms with Crippen molar-refractivity contribution in [1.29, 1.82) is 0 Å². The SMILES string of the molecule is O=C(NCCN1CCOCC1)NCC1CCCN1. The van der Waals surface area contributed by atoms with Crippen molar-refractivity contribution in [2.75, 3.05) is 52.5 Å². The summed E-state index contributed by atoms with van der Waals surface area (Å²) < 4.78 is 5.27. The number of urea groups is 1. The minimum absolute atomic E-state index is 0.0584. The van der Waals surface area contributed by atoms with Gasteiger partial charge in [0.05, 0.1) is 13.2 Å². The maximum atomic E-state index is 11.5. The van der Waals surface area contributed by atoms with Crippen LogP contribution in [-0.4, -0.2) is 69.5 Å². The monoisotopic (exact) mass is 256 g/mol. The Bertz CT molecular complexity index is 250. The van der Waals surface area contributed by atoms with Crippen LogP contribution in [0.3, 0.4) is 0 Å². The Hall–Kier alpha value is -0.850. The summed E-state index contributed by atoms with van der Waals surface area (Å²) in [6, 6.07) is 0.395. The van der Waals surface area contributed by atoms with Gasteiger partial charge in [-0.1, -0.05) is 0 Å². The van der Waals surface area contributed by atoms with Gasteiger partial charge in [0.2, 0.25) is 0 Å². The topological polar surface area (TPSA) is 65.6 Å². The van der Waals surface area contributed by atoms with E-state index in [-0.39, 0.29) is 6.03 Å². The van der Waals surface area contributed by atoms with Gasteiger partial charge in [-0.25, -0.2) is 4.79 Å². The number of rotatable bonds is 5. The molecule has 0 spiro atoms. The fourth-order valence-corrected chi connectivity index (χ4v) is 2.36. The van der Waals surface area contributed by atoms with Gasteiger partial charge in [-0.3, -0.25) is 4.90 Å². The zero-order valence-corrected chi connectivity index (χ0v) is 10.9. The molecule has 0 bridgehead atoms. The second-order valence-electron chi connectivity index (χ2n) is 4.88. The van der Waals surface area contributed by atoms with E-state index in [9.17, 15) is 4.79 Å². The van der Waals surface area contributed by atoms with Crippen LogP contribution in [0.25, 0.3) is 0 Å². The molecule has 1 atom stereocenters. The van der Waals surface area contributed by atoms with Crippen molar-refractivity contribution in [3.63, 3.8) is 0 Å². The third-order valence-electron chi connectivity index (χ3n) is 3.49. The van der Waals surface area contributed by atoms with Crippen LogP contribution in [0, 0.1) is 0 Å². The first-order valence-corrected chi connectivity index (χ1v) is 6.90. The largest absolute Gasteiger partial charge is 0.379 e. The van der Waals surface area contributed by atoms with Crippen LogP contribution in [-0.2, 0) is 4.74 Å². The van der Waals surface area contributed by atoms with Gasteiger partial charge < -0.3 is 20.7 Å². The molecule has 2 heterocycles. The van der Waals surface area contributed by atoms with E-state index in [1.807, 2.05) is 0 Å². The predicted molar refractivity (Wildman–Crippen MR) is 69.7 cm³/mol. The fourth-order valence-electron chi connectivity index (χ4n) is 2.36. The van der Waals surface area contributed by atoms with Crippen LogP contribution in [0.2, 0.25) is 0 Å². The molecule has 2 aliphatic rings. The number of carbonyl (C=O) groups excluding carboxylic acids is 1. The number of amides is 2. The van der Waals surface area contributed by atoms with E-state index in [2.05, 4.69) is 20.9 Å². The van der Waals surface area contributed by atoms with Crippen LogP contribution in [0.15, 0.2) is 0 Å². The Labute approximate surface area is 108 Å². The molecule has 0 aromatic rings. The Morgan fingerprint density at radius 1 is 1.33 bits per heavy atom. The summed E-state index contributed by atoms with van der Waals surface area (Å²) in [4.78, 5) is 13.9. The van der Waals surface area contributed by atoms with Crippen molar-refractivity contribution in [1.82, 2.24) is 20.9 Å². The molecular weight excluding hydrogens is 232 g/mol. The van der Waals surface area contributed by atoms with E-state index in [4.69, 9.17) is 4.74 Å². The molecule has 2 saturated heterocycles.